The Morgan fingerprint density at radius 2 is 1.38 bits per heavy atom. The number of carbonyl (C=O) groups is 4. The van der Waals surface area contributed by atoms with Crippen LogP contribution in [0, 0.1) is 0 Å². The maximum atomic E-state index is 12.4. The highest BCUT2D eigenvalue weighted by molar-refractivity contribution is 6.23. The van der Waals surface area contributed by atoms with Crippen LogP contribution in [0.1, 0.15) is 34.6 Å². The Labute approximate surface area is 137 Å². The minimum absolute atomic E-state index is 0.0479. The van der Waals surface area contributed by atoms with Crippen molar-refractivity contribution in [2.45, 2.75) is 13.8 Å². The lowest BCUT2D eigenvalue weighted by atomic mass is 9.92. The second-order valence-electron chi connectivity index (χ2n) is 4.99. The van der Waals surface area contributed by atoms with Crippen LogP contribution in [-0.2, 0) is 0 Å². The zero-order chi connectivity index (χ0) is 18.6. The van der Waals surface area contributed by atoms with E-state index in [0.29, 0.717) is 0 Å². The zero-order valence-electron chi connectivity index (χ0n) is 13.1. The van der Waals surface area contributed by atoms with E-state index in [2.05, 4.69) is 13.2 Å². The molecule has 8 heteroatoms. The van der Waals surface area contributed by atoms with E-state index >= 15 is 0 Å². The summed E-state index contributed by atoms with van der Waals surface area (Å²) in [5.41, 5.74) is -0.741. The number of benzene rings is 1. The third-order valence-corrected chi connectivity index (χ3v) is 2.93. The largest absolute Gasteiger partial charge is 0.465 e. The highest BCUT2D eigenvalue weighted by Gasteiger charge is 2.25. The predicted octanol–water partition coefficient (Wildman–Crippen LogP) is 3.38. The van der Waals surface area contributed by atoms with E-state index < -0.39 is 23.8 Å². The molecule has 0 aliphatic heterocycles. The van der Waals surface area contributed by atoms with Crippen molar-refractivity contribution in [3.05, 3.63) is 47.6 Å². The highest BCUT2D eigenvalue weighted by atomic mass is 16.4. The molecule has 0 saturated heterocycles. The van der Waals surface area contributed by atoms with Crippen LogP contribution in [0.25, 0.3) is 0 Å². The van der Waals surface area contributed by atoms with Crippen molar-refractivity contribution in [3.63, 3.8) is 0 Å². The Bertz CT molecular complexity index is 779. The third-order valence-electron chi connectivity index (χ3n) is 2.93. The maximum Gasteiger partial charge on any atom is 0.409 e. The van der Waals surface area contributed by atoms with Gasteiger partial charge < -0.3 is 10.2 Å². The number of ketones is 2. The van der Waals surface area contributed by atoms with Gasteiger partial charge in [-0.05, 0) is 37.1 Å². The van der Waals surface area contributed by atoms with Gasteiger partial charge in [-0.1, -0.05) is 13.2 Å². The number of allylic oxidation sites excluding steroid dienone is 2. The Hall–Kier alpha value is -3.42. The van der Waals surface area contributed by atoms with Crippen molar-refractivity contribution in [1.82, 2.24) is 0 Å². The predicted molar refractivity (Wildman–Crippen MR) is 88.0 cm³/mol. The fraction of sp³-hybridized carbons (Fsp3) is 0.125. The number of carboxylic acid groups (broad SMARTS) is 2. The summed E-state index contributed by atoms with van der Waals surface area (Å²) < 4.78 is 0. The van der Waals surface area contributed by atoms with Crippen molar-refractivity contribution in [2.24, 2.45) is 0 Å². The van der Waals surface area contributed by atoms with E-state index in [9.17, 15) is 19.2 Å². The van der Waals surface area contributed by atoms with Crippen LogP contribution in [0.15, 0.2) is 36.4 Å². The fourth-order valence-electron chi connectivity index (χ4n) is 1.93. The lowest BCUT2D eigenvalue weighted by Crippen LogP contribution is -2.20. The molecule has 1 aromatic carbocycles. The van der Waals surface area contributed by atoms with Crippen molar-refractivity contribution < 1.29 is 29.4 Å². The lowest BCUT2D eigenvalue weighted by molar-refractivity contribution is 0.1000. The quantitative estimate of drug-likeness (QED) is 0.466. The summed E-state index contributed by atoms with van der Waals surface area (Å²) in [5, 5.41) is 21.8. The summed E-state index contributed by atoms with van der Waals surface area (Å²) >= 11 is 0. The molecule has 0 spiro atoms. The van der Waals surface area contributed by atoms with E-state index in [4.69, 9.17) is 10.2 Å². The van der Waals surface area contributed by atoms with E-state index in [0.717, 1.165) is 0 Å². The van der Waals surface area contributed by atoms with Crippen LogP contribution < -0.4 is 10.6 Å². The first-order chi connectivity index (χ1) is 11.1. The standard InChI is InChI=1S/C16H16N2O6/c1-7(2)13(19)9-5-6-10(17-15(21)22)12(18-16(23)24)11(9)14(20)8(3)4/h5-6,17-18H,1,3H2,2,4H3,(H,21,22)(H,23,24). The van der Waals surface area contributed by atoms with E-state index in [1.165, 1.54) is 26.0 Å². The van der Waals surface area contributed by atoms with E-state index in [-0.39, 0.29) is 33.6 Å². The molecule has 1 rings (SSSR count). The summed E-state index contributed by atoms with van der Waals surface area (Å²) in [6.45, 7) is 9.82. The second-order valence-corrected chi connectivity index (χ2v) is 4.99. The number of Topliss-reactive ketones (excluding diaryl/α,β-unsaturated/α-hetero) is 2. The maximum absolute atomic E-state index is 12.4. The summed E-state index contributed by atoms with van der Waals surface area (Å²) in [6.07, 6.45) is -2.99. The monoisotopic (exact) mass is 332 g/mol. The van der Waals surface area contributed by atoms with Gasteiger partial charge in [-0.3, -0.25) is 20.2 Å². The van der Waals surface area contributed by atoms with Crippen molar-refractivity contribution in [2.75, 3.05) is 10.6 Å². The summed E-state index contributed by atoms with van der Waals surface area (Å²) in [4.78, 5) is 46.6. The van der Waals surface area contributed by atoms with Gasteiger partial charge in [-0.2, -0.15) is 0 Å². The molecule has 4 N–H and O–H groups in total. The Kier molecular flexibility index (Phi) is 5.61. The number of carbonyl (C=O) groups excluding carboxylic acids is 2. The van der Waals surface area contributed by atoms with Crippen molar-refractivity contribution in [3.8, 4) is 0 Å². The summed E-state index contributed by atoms with van der Waals surface area (Å²) in [7, 11) is 0. The first-order valence-corrected chi connectivity index (χ1v) is 6.63. The molecule has 0 heterocycles. The van der Waals surface area contributed by atoms with Crippen LogP contribution in [0.4, 0.5) is 21.0 Å². The van der Waals surface area contributed by atoms with Gasteiger partial charge in [0.05, 0.1) is 16.9 Å². The van der Waals surface area contributed by atoms with E-state index in [1.54, 1.807) is 0 Å². The molecule has 8 nitrogen and oxygen atoms in total. The lowest BCUT2D eigenvalue weighted by Gasteiger charge is -2.17. The number of hydrogen-bond donors (Lipinski definition) is 4. The van der Waals surface area contributed by atoms with Gasteiger partial charge in [0.15, 0.2) is 11.6 Å². The van der Waals surface area contributed by atoms with Gasteiger partial charge in [-0.25, -0.2) is 9.59 Å². The number of rotatable bonds is 6. The molecule has 0 fully saturated rings. The van der Waals surface area contributed by atoms with E-state index in [1.807, 2.05) is 10.6 Å². The average Bonchev–Trinajstić information content (AvgIpc) is 2.45. The molecule has 0 atom stereocenters. The molecule has 0 aromatic heterocycles. The van der Waals surface area contributed by atoms with Crippen LogP contribution in [0.2, 0.25) is 0 Å². The molecule has 0 radical (unpaired) electrons. The molecule has 1 aromatic rings. The first kappa shape index (κ1) is 18.6. The third kappa shape index (κ3) is 4.07. The molecular formula is C16H16N2O6. The smallest absolute Gasteiger partial charge is 0.409 e. The van der Waals surface area contributed by atoms with Crippen LogP contribution in [0.5, 0.6) is 0 Å². The minimum Gasteiger partial charge on any atom is -0.465 e. The Morgan fingerprint density at radius 3 is 1.79 bits per heavy atom. The summed E-state index contributed by atoms with van der Waals surface area (Å²) in [6, 6.07) is 2.41. The van der Waals surface area contributed by atoms with Crippen molar-refractivity contribution >= 4 is 35.1 Å². The van der Waals surface area contributed by atoms with Crippen molar-refractivity contribution in [1.29, 1.82) is 0 Å². The Morgan fingerprint density at radius 1 is 0.875 bits per heavy atom. The molecule has 24 heavy (non-hydrogen) atoms. The molecule has 0 aliphatic rings. The van der Waals surface area contributed by atoms with Gasteiger partial charge in [0, 0.05) is 5.56 Å². The van der Waals surface area contributed by atoms with Gasteiger partial charge in [0.25, 0.3) is 0 Å². The molecule has 0 saturated carbocycles. The number of nitrogens with one attached hydrogen (secondary N) is 2. The normalized spacial score (nSPS) is 9.75. The summed E-state index contributed by atoms with van der Waals surface area (Å²) in [5.74, 6) is -1.27. The average molecular weight is 332 g/mol. The number of anilines is 2. The van der Waals surface area contributed by atoms with Gasteiger partial charge in [-0.15, -0.1) is 0 Å². The minimum atomic E-state index is -1.53. The zero-order valence-corrected chi connectivity index (χ0v) is 13.1. The second kappa shape index (κ2) is 7.23. The van der Waals surface area contributed by atoms with Crippen LogP contribution in [-0.4, -0.2) is 34.0 Å². The van der Waals surface area contributed by atoms with Gasteiger partial charge >= 0.3 is 12.2 Å². The van der Waals surface area contributed by atoms with Gasteiger partial charge in [0.1, 0.15) is 0 Å². The molecular weight excluding hydrogens is 316 g/mol. The van der Waals surface area contributed by atoms with Gasteiger partial charge in [0.2, 0.25) is 0 Å². The number of amides is 2. The molecule has 0 aliphatic carbocycles. The molecule has 0 bridgehead atoms. The van der Waals surface area contributed by atoms with Crippen LogP contribution in [0.3, 0.4) is 0 Å². The molecule has 0 unspecified atom stereocenters. The topological polar surface area (TPSA) is 133 Å². The number of hydrogen-bond acceptors (Lipinski definition) is 4. The highest BCUT2D eigenvalue weighted by Crippen LogP contribution is 2.32. The fourth-order valence-corrected chi connectivity index (χ4v) is 1.93. The first-order valence-electron chi connectivity index (χ1n) is 6.63. The molecule has 126 valence electrons. The molecule has 2 amide bonds. The SMILES string of the molecule is C=C(C)C(=O)c1ccc(NC(=O)O)c(NC(=O)O)c1C(=O)C(=C)C. The Balaban J connectivity index is 3.80. The van der Waals surface area contributed by atoms with Crippen LogP contribution >= 0.6 is 0 Å².